The predicted octanol–water partition coefficient (Wildman–Crippen LogP) is 4.36. The average Bonchev–Trinajstić information content (AvgIpc) is 2.88. The number of halogens is 3. The van der Waals surface area contributed by atoms with Gasteiger partial charge in [0.15, 0.2) is 0 Å². The first kappa shape index (κ1) is 15.4. The first-order valence-corrected chi connectivity index (χ1v) is 6.24. The molecule has 0 unspecified atom stereocenters. The summed E-state index contributed by atoms with van der Waals surface area (Å²) in [6.07, 6.45) is -1.68. The smallest absolute Gasteiger partial charge is 0.263 e. The number of ether oxygens (including phenoxy) is 2. The number of nitrogen functional groups attached to an aromatic ring is 1. The second-order valence-corrected chi connectivity index (χ2v) is 4.57. The Morgan fingerprint density at radius 1 is 1.10 bits per heavy atom. The maximum atomic E-state index is 12.5. The van der Waals surface area contributed by atoms with Crippen LogP contribution in [0.4, 0.5) is 14.5 Å². The molecule has 0 atom stereocenters. The first-order chi connectivity index (χ1) is 9.63. The van der Waals surface area contributed by atoms with Crippen molar-refractivity contribution in [2.24, 2.45) is 0 Å². The molecule has 2 N–H and O–H groups in total. The Morgan fingerprint density at radius 3 is 2.48 bits per heavy atom. The summed E-state index contributed by atoms with van der Waals surface area (Å²) in [4.78, 5) is 0. The van der Waals surface area contributed by atoms with Gasteiger partial charge in [0.2, 0.25) is 0 Å². The van der Waals surface area contributed by atoms with Crippen molar-refractivity contribution in [1.82, 2.24) is 0 Å². The van der Waals surface area contributed by atoms with Gasteiger partial charge in [0.1, 0.15) is 17.2 Å². The lowest BCUT2D eigenvalue weighted by molar-refractivity contribution is 0.151. The monoisotopic (exact) mass is 313 g/mol. The molecule has 21 heavy (non-hydrogen) atoms. The van der Waals surface area contributed by atoms with Gasteiger partial charge >= 0.3 is 0 Å². The Balaban J connectivity index is 0.00000161. The van der Waals surface area contributed by atoms with E-state index >= 15 is 0 Å². The van der Waals surface area contributed by atoms with Gasteiger partial charge in [-0.2, -0.15) is 0 Å². The maximum absolute atomic E-state index is 12.5. The first-order valence-electron chi connectivity index (χ1n) is 6.24. The van der Waals surface area contributed by atoms with Crippen molar-refractivity contribution in [3.63, 3.8) is 0 Å². The van der Waals surface area contributed by atoms with Crippen molar-refractivity contribution in [2.75, 3.05) is 12.3 Å². The predicted molar refractivity (Wildman–Crippen MR) is 78.8 cm³/mol. The Bertz CT molecular complexity index is 632. The molecule has 0 amide bonds. The molecule has 0 aromatic heterocycles. The largest absolute Gasteiger partial charge is 0.491 e. The quantitative estimate of drug-likeness (QED) is 0.856. The zero-order chi connectivity index (χ0) is 14.1. The highest BCUT2D eigenvalue weighted by atomic mass is 35.5. The van der Waals surface area contributed by atoms with E-state index in [-0.39, 0.29) is 18.0 Å². The summed E-state index contributed by atoms with van der Waals surface area (Å²) in [6.45, 7) is 0.617. The van der Waals surface area contributed by atoms with Crippen molar-refractivity contribution in [3.05, 3.63) is 47.5 Å². The molecule has 0 bridgehead atoms. The van der Waals surface area contributed by atoms with Gasteiger partial charge < -0.3 is 15.2 Å². The van der Waals surface area contributed by atoms with Crippen LogP contribution in [0.5, 0.6) is 17.2 Å². The number of hydrogen-bond acceptors (Lipinski definition) is 3. The number of rotatable bonds is 3. The van der Waals surface area contributed by atoms with Gasteiger partial charge in [-0.25, -0.2) is 8.78 Å². The molecule has 0 saturated heterocycles. The summed E-state index contributed by atoms with van der Waals surface area (Å²) in [6, 6.07) is 9.26. The molecule has 0 spiro atoms. The molecule has 0 aliphatic carbocycles. The van der Waals surface area contributed by atoms with Crippen LogP contribution in [0.2, 0.25) is 0 Å². The van der Waals surface area contributed by atoms with Crippen LogP contribution >= 0.6 is 12.4 Å². The lowest BCUT2D eigenvalue weighted by atomic mass is 10.1. The van der Waals surface area contributed by atoms with Crippen LogP contribution in [-0.4, -0.2) is 6.61 Å². The normalized spacial score (nSPS) is 12.5. The number of alkyl halides is 2. The third-order valence-electron chi connectivity index (χ3n) is 3.15. The average molecular weight is 314 g/mol. The van der Waals surface area contributed by atoms with Gasteiger partial charge in [0.25, 0.3) is 6.43 Å². The van der Waals surface area contributed by atoms with Crippen LogP contribution in [0, 0.1) is 0 Å². The molecule has 0 saturated carbocycles. The second kappa shape index (κ2) is 6.18. The maximum Gasteiger partial charge on any atom is 0.263 e. The summed E-state index contributed by atoms with van der Waals surface area (Å²) in [5.41, 5.74) is 7.39. The topological polar surface area (TPSA) is 44.5 Å². The van der Waals surface area contributed by atoms with Crippen molar-refractivity contribution >= 4 is 18.1 Å². The SMILES string of the molecule is Cl.Nc1cc(Oc2ccc(C(F)F)cc2)cc2c1OCC2. The van der Waals surface area contributed by atoms with Crippen LogP contribution in [0.3, 0.4) is 0 Å². The van der Waals surface area contributed by atoms with Gasteiger partial charge in [-0.05, 0) is 30.3 Å². The van der Waals surface area contributed by atoms with E-state index in [0.717, 1.165) is 12.0 Å². The Morgan fingerprint density at radius 2 is 1.81 bits per heavy atom. The molecule has 1 aliphatic rings. The van der Waals surface area contributed by atoms with E-state index in [1.165, 1.54) is 24.3 Å². The molecular weight excluding hydrogens is 300 g/mol. The van der Waals surface area contributed by atoms with E-state index in [4.69, 9.17) is 15.2 Å². The van der Waals surface area contributed by atoms with E-state index in [1.807, 2.05) is 6.07 Å². The fraction of sp³-hybridized carbons (Fsp3) is 0.200. The lowest BCUT2D eigenvalue weighted by Gasteiger charge is -2.10. The van der Waals surface area contributed by atoms with Crippen LogP contribution in [0.15, 0.2) is 36.4 Å². The molecular formula is C15H14ClF2NO2. The van der Waals surface area contributed by atoms with Gasteiger partial charge in [0.05, 0.1) is 12.3 Å². The fourth-order valence-electron chi connectivity index (χ4n) is 2.18. The Labute approximate surface area is 127 Å². The third kappa shape index (κ3) is 3.19. The van der Waals surface area contributed by atoms with E-state index in [2.05, 4.69) is 0 Å². The van der Waals surface area contributed by atoms with Crippen LogP contribution in [-0.2, 0) is 6.42 Å². The van der Waals surface area contributed by atoms with Crippen molar-refractivity contribution < 1.29 is 18.3 Å². The summed E-state index contributed by atoms with van der Waals surface area (Å²) in [5, 5.41) is 0. The Kier molecular flexibility index (Phi) is 4.53. The summed E-state index contributed by atoms with van der Waals surface area (Å²) in [7, 11) is 0. The molecule has 3 rings (SSSR count). The highest BCUT2D eigenvalue weighted by molar-refractivity contribution is 5.85. The highest BCUT2D eigenvalue weighted by Crippen LogP contribution is 2.37. The van der Waals surface area contributed by atoms with Crippen LogP contribution in [0.1, 0.15) is 17.6 Å². The Hall–Kier alpha value is -2.01. The van der Waals surface area contributed by atoms with E-state index in [0.29, 0.717) is 29.5 Å². The molecule has 2 aromatic rings. The number of hydrogen-bond donors (Lipinski definition) is 1. The minimum Gasteiger partial charge on any atom is -0.491 e. The number of anilines is 1. The van der Waals surface area contributed by atoms with Crippen LogP contribution in [0.25, 0.3) is 0 Å². The zero-order valence-corrected chi connectivity index (χ0v) is 11.8. The molecule has 0 fully saturated rings. The van der Waals surface area contributed by atoms with E-state index < -0.39 is 6.43 Å². The second-order valence-electron chi connectivity index (χ2n) is 4.57. The van der Waals surface area contributed by atoms with Gasteiger partial charge in [-0.15, -0.1) is 12.4 Å². The standard InChI is InChI=1S/C15H13F2NO2.ClH/c16-15(17)9-1-3-11(4-2-9)20-12-7-10-5-6-19-14(10)13(18)8-12;/h1-4,7-8,15H,5-6,18H2;1H. The van der Waals surface area contributed by atoms with Gasteiger partial charge in [0, 0.05) is 23.6 Å². The summed E-state index contributed by atoms with van der Waals surface area (Å²) < 4.78 is 36.0. The molecule has 2 aromatic carbocycles. The highest BCUT2D eigenvalue weighted by Gasteiger charge is 2.17. The minimum atomic E-state index is -2.48. The number of benzene rings is 2. The van der Waals surface area contributed by atoms with E-state index in [1.54, 1.807) is 6.07 Å². The number of nitrogens with two attached hydrogens (primary N) is 1. The zero-order valence-electron chi connectivity index (χ0n) is 11.0. The van der Waals surface area contributed by atoms with Crippen molar-refractivity contribution in [1.29, 1.82) is 0 Å². The minimum absolute atomic E-state index is 0. The summed E-state index contributed by atoms with van der Waals surface area (Å²) in [5.74, 6) is 1.79. The fourth-order valence-corrected chi connectivity index (χ4v) is 2.18. The molecule has 1 heterocycles. The lowest BCUT2D eigenvalue weighted by Crippen LogP contribution is -1.93. The molecule has 112 valence electrons. The van der Waals surface area contributed by atoms with Crippen LogP contribution < -0.4 is 15.2 Å². The van der Waals surface area contributed by atoms with Crippen molar-refractivity contribution in [2.45, 2.75) is 12.8 Å². The molecule has 3 nitrogen and oxygen atoms in total. The molecule has 0 radical (unpaired) electrons. The van der Waals surface area contributed by atoms with E-state index in [9.17, 15) is 8.78 Å². The molecule has 1 aliphatic heterocycles. The van der Waals surface area contributed by atoms with Gasteiger partial charge in [-0.1, -0.05) is 0 Å². The third-order valence-corrected chi connectivity index (χ3v) is 3.15. The van der Waals surface area contributed by atoms with Crippen molar-refractivity contribution in [3.8, 4) is 17.2 Å². The van der Waals surface area contributed by atoms with Gasteiger partial charge in [-0.3, -0.25) is 0 Å². The number of fused-ring (bicyclic) bond motifs is 1. The molecule has 6 heteroatoms. The summed E-state index contributed by atoms with van der Waals surface area (Å²) >= 11 is 0.